The van der Waals surface area contributed by atoms with E-state index in [4.69, 9.17) is 28.0 Å². The van der Waals surface area contributed by atoms with E-state index in [9.17, 15) is 13.2 Å². The van der Waals surface area contributed by atoms with E-state index in [-0.39, 0.29) is 29.3 Å². The monoisotopic (exact) mass is 375 g/mol. The van der Waals surface area contributed by atoms with Crippen LogP contribution in [0.4, 0.5) is 13.2 Å². The van der Waals surface area contributed by atoms with Crippen LogP contribution in [0.15, 0.2) is 47.6 Å². The zero-order valence-corrected chi connectivity index (χ0v) is 14.2. The van der Waals surface area contributed by atoms with Crippen molar-refractivity contribution in [2.75, 3.05) is 0 Å². The molecule has 0 saturated heterocycles. The van der Waals surface area contributed by atoms with Crippen LogP contribution in [0.5, 0.6) is 0 Å². The highest BCUT2D eigenvalue weighted by Gasteiger charge is 2.34. The maximum atomic E-state index is 13.2. The van der Waals surface area contributed by atoms with Crippen molar-refractivity contribution in [2.24, 2.45) is 5.16 Å². The lowest BCUT2D eigenvalue weighted by Crippen LogP contribution is -2.13. The molecule has 7 heteroatoms. The number of hydrogen-bond acceptors (Lipinski definition) is 2. The maximum Gasteiger partial charge on any atom is 0.417 e. The Hall–Kier alpha value is -1.72. The van der Waals surface area contributed by atoms with Crippen molar-refractivity contribution in [1.29, 1.82) is 0 Å². The summed E-state index contributed by atoms with van der Waals surface area (Å²) in [5.74, 6) is 0. The molecule has 0 heterocycles. The molecule has 2 aromatic carbocycles. The van der Waals surface area contributed by atoms with Crippen molar-refractivity contribution in [3.8, 4) is 0 Å². The molecule has 0 aromatic heterocycles. The van der Waals surface area contributed by atoms with Gasteiger partial charge in [-0.2, -0.15) is 13.2 Å². The molecule has 0 aliphatic heterocycles. The fourth-order valence-corrected chi connectivity index (χ4v) is 2.37. The summed E-state index contributed by atoms with van der Waals surface area (Å²) in [6.45, 7) is 1.83. The predicted octanol–water partition coefficient (Wildman–Crippen LogP) is 6.34. The fourth-order valence-electron chi connectivity index (χ4n) is 2.07. The molecule has 0 amide bonds. The standard InChI is InChI=1S/C17H14Cl2F3NO/c1-2-16(23-24-10-11-3-5-12(18)6-4-11)14-9-13(19)7-8-15(14)17(20,21)22/h3-9H,2,10H2,1H3. The highest BCUT2D eigenvalue weighted by Crippen LogP contribution is 2.34. The normalized spacial score (nSPS) is 12.3. The van der Waals surface area contributed by atoms with Gasteiger partial charge in [0, 0.05) is 15.6 Å². The van der Waals surface area contributed by atoms with E-state index in [2.05, 4.69) is 5.16 Å². The second kappa shape index (κ2) is 7.90. The van der Waals surface area contributed by atoms with Gasteiger partial charge in [-0.25, -0.2) is 0 Å². The summed E-state index contributed by atoms with van der Waals surface area (Å²) in [6.07, 6.45) is -4.23. The molecular formula is C17H14Cl2F3NO. The van der Waals surface area contributed by atoms with Gasteiger partial charge >= 0.3 is 6.18 Å². The van der Waals surface area contributed by atoms with Crippen LogP contribution in [0.25, 0.3) is 0 Å². The van der Waals surface area contributed by atoms with E-state index in [1.807, 2.05) is 0 Å². The molecule has 0 saturated carbocycles. The first-order chi connectivity index (χ1) is 11.3. The van der Waals surface area contributed by atoms with Crippen LogP contribution in [-0.4, -0.2) is 5.71 Å². The second-order valence-corrected chi connectivity index (χ2v) is 5.85. The average molecular weight is 376 g/mol. The first-order valence-electron chi connectivity index (χ1n) is 7.11. The van der Waals surface area contributed by atoms with E-state index >= 15 is 0 Å². The number of halogens is 5. The van der Waals surface area contributed by atoms with Crippen molar-refractivity contribution in [3.05, 3.63) is 69.2 Å². The van der Waals surface area contributed by atoms with Crippen molar-refractivity contribution >= 4 is 28.9 Å². The van der Waals surface area contributed by atoms with E-state index in [0.29, 0.717) is 5.02 Å². The number of rotatable bonds is 5. The number of benzene rings is 2. The number of oxime groups is 1. The molecule has 0 unspecified atom stereocenters. The lowest BCUT2D eigenvalue weighted by atomic mass is 10.0. The predicted molar refractivity (Wildman–Crippen MR) is 89.5 cm³/mol. The van der Waals surface area contributed by atoms with E-state index < -0.39 is 11.7 Å². The summed E-state index contributed by atoms with van der Waals surface area (Å²) in [4.78, 5) is 5.21. The fraction of sp³-hybridized carbons (Fsp3) is 0.235. The number of alkyl halides is 3. The molecule has 0 spiro atoms. The maximum absolute atomic E-state index is 13.2. The molecule has 0 radical (unpaired) electrons. The summed E-state index contributed by atoms with van der Waals surface area (Å²) < 4.78 is 39.5. The molecule has 0 N–H and O–H groups in total. The van der Waals surface area contributed by atoms with Gasteiger partial charge in [-0.15, -0.1) is 0 Å². The summed E-state index contributed by atoms with van der Waals surface area (Å²) in [6, 6.07) is 10.3. The summed E-state index contributed by atoms with van der Waals surface area (Å²) in [5, 5.41) is 4.66. The van der Waals surface area contributed by atoms with Gasteiger partial charge in [0.15, 0.2) is 0 Å². The molecule has 0 bridgehead atoms. The highest BCUT2D eigenvalue weighted by molar-refractivity contribution is 6.31. The Morgan fingerprint density at radius 3 is 2.25 bits per heavy atom. The lowest BCUT2D eigenvalue weighted by molar-refractivity contribution is -0.137. The minimum atomic E-state index is -4.49. The molecule has 2 nitrogen and oxygen atoms in total. The highest BCUT2D eigenvalue weighted by atomic mass is 35.5. The van der Waals surface area contributed by atoms with Crippen LogP contribution >= 0.6 is 23.2 Å². The molecule has 2 aromatic rings. The average Bonchev–Trinajstić information content (AvgIpc) is 2.52. The molecule has 0 aliphatic rings. The second-order valence-electron chi connectivity index (χ2n) is 4.98. The van der Waals surface area contributed by atoms with E-state index in [1.54, 1.807) is 31.2 Å². The minimum Gasteiger partial charge on any atom is -0.391 e. The molecule has 0 fully saturated rings. The van der Waals surface area contributed by atoms with Gasteiger partial charge in [-0.05, 0) is 42.3 Å². The van der Waals surface area contributed by atoms with Gasteiger partial charge in [-0.1, -0.05) is 47.4 Å². The third kappa shape index (κ3) is 4.89. The molecular weight excluding hydrogens is 362 g/mol. The molecule has 0 atom stereocenters. The van der Waals surface area contributed by atoms with Gasteiger partial charge in [0.25, 0.3) is 0 Å². The Kier molecular flexibility index (Phi) is 6.13. The Morgan fingerprint density at radius 2 is 1.67 bits per heavy atom. The van der Waals surface area contributed by atoms with Gasteiger partial charge in [0.05, 0.1) is 11.3 Å². The Bertz CT molecular complexity index is 728. The number of hydrogen-bond donors (Lipinski definition) is 0. The van der Waals surface area contributed by atoms with Crippen molar-refractivity contribution in [1.82, 2.24) is 0 Å². The minimum absolute atomic E-state index is 0.0754. The summed E-state index contributed by atoms with van der Waals surface area (Å²) in [5.41, 5.74) is 0.121. The van der Waals surface area contributed by atoms with Crippen LogP contribution in [0.1, 0.15) is 30.0 Å². The van der Waals surface area contributed by atoms with Crippen LogP contribution in [-0.2, 0) is 17.6 Å². The van der Waals surface area contributed by atoms with Crippen molar-refractivity contribution in [3.63, 3.8) is 0 Å². The van der Waals surface area contributed by atoms with Crippen molar-refractivity contribution < 1.29 is 18.0 Å². The largest absolute Gasteiger partial charge is 0.417 e. The third-order valence-electron chi connectivity index (χ3n) is 3.25. The molecule has 2 rings (SSSR count). The first-order valence-corrected chi connectivity index (χ1v) is 7.87. The van der Waals surface area contributed by atoms with Crippen LogP contribution < -0.4 is 0 Å². The number of nitrogens with zero attached hydrogens (tertiary/aromatic N) is 1. The molecule has 128 valence electrons. The Labute approximate surface area is 147 Å². The lowest BCUT2D eigenvalue weighted by Gasteiger charge is -2.14. The third-order valence-corrected chi connectivity index (χ3v) is 3.74. The van der Waals surface area contributed by atoms with E-state index in [1.165, 1.54) is 12.1 Å². The smallest absolute Gasteiger partial charge is 0.391 e. The summed E-state index contributed by atoms with van der Waals surface area (Å²) in [7, 11) is 0. The SMILES string of the molecule is CCC(=NOCc1ccc(Cl)cc1)c1cc(Cl)ccc1C(F)(F)F. The Morgan fingerprint density at radius 1 is 1.04 bits per heavy atom. The summed E-state index contributed by atoms with van der Waals surface area (Å²) >= 11 is 11.6. The molecule has 24 heavy (non-hydrogen) atoms. The van der Waals surface area contributed by atoms with Crippen LogP contribution in [0.3, 0.4) is 0 Å². The van der Waals surface area contributed by atoms with Crippen LogP contribution in [0, 0.1) is 0 Å². The Balaban J connectivity index is 2.24. The topological polar surface area (TPSA) is 21.6 Å². The van der Waals surface area contributed by atoms with E-state index in [0.717, 1.165) is 11.6 Å². The quantitative estimate of drug-likeness (QED) is 0.441. The first kappa shape index (κ1) is 18.6. The van der Waals surface area contributed by atoms with Gasteiger partial charge < -0.3 is 4.84 Å². The van der Waals surface area contributed by atoms with Crippen molar-refractivity contribution in [2.45, 2.75) is 26.1 Å². The molecule has 0 aliphatic carbocycles. The van der Waals surface area contributed by atoms with Gasteiger partial charge in [0.2, 0.25) is 0 Å². The zero-order valence-electron chi connectivity index (χ0n) is 12.7. The van der Waals surface area contributed by atoms with Crippen LogP contribution in [0.2, 0.25) is 10.0 Å². The van der Waals surface area contributed by atoms with Gasteiger partial charge in [-0.3, -0.25) is 0 Å². The zero-order chi connectivity index (χ0) is 17.7. The van der Waals surface area contributed by atoms with Gasteiger partial charge in [0.1, 0.15) is 6.61 Å².